The molecule has 0 bridgehead atoms. The molecule has 30 heavy (non-hydrogen) atoms. The average molecular weight is 443 g/mol. The van der Waals surface area contributed by atoms with Crippen molar-refractivity contribution >= 4 is 45.3 Å². The van der Waals surface area contributed by atoms with Crippen LogP contribution in [0.1, 0.15) is 27.2 Å². The van der Waals surface area contributed by atoms with E-state index < -0.39 is 0 Å². The monoisotopic (exact) mass is 442 g/mol. The lowest BCUT2D eigenvalue weighted by atomic mass is 10.2. The predicted octanol–water partition coefficient (Wildman–Crippen LogP) is 3.85. The molecule has 2 aromatic heterocycles. The molecule has 3 heterocycles. The summed E-state index contributed by atoms with van der Waals surface area (Å²) >= 11 is 2.88. The lowest BCUT2D eigenvalue weighted by molar-refractivity contribution is -0.117. The molecule has 0 radical (unpaired) electrons. The first kappa shape index (κ1) is 20.5. The van der Waals surface area contributed by atoms with Crippen LogP contribution in [0.2, 0.25) is 0 Å². The number of carbonyl (C=O) groups excluding carboxylic acids is 2. The molecule has 7 nitrogen and oxygen atoms in total. The first-order valence-corrected chi connectivity index (χ1v) is 11.4. The highest BCUT2D eigenvalue weighted by Gasteiger charge is 2.23. The summed E-state index contributed by atoms with van der Waals surface area (Å²) in [6.45, 7) is 4.26. The number of fused-ring (bicyclic) bond motifs is 1. The second-order valence-electron chi connectivity index (χ2n) is 6.79. The highest BCUT2D eigenvalue weighted by atomic mass is 32.1. The zero-order valence-electron chi connectivity index (χ0n) is 16.5. The molecular formula is C21H22N4O3S2. The van der Waals surface area contributed by atoms with Crippen molar-refractivity contribution in [3.05, 3.63) is 57.2 Å². The SMILES string of the molecule is CCOc1ccc(NC(=O)CN2CCc3nc(NC(=O)c4cccs4)sc3C2)cc1. The fraction of sp³-hybridized carbons (Fsp3) is 0.286. The Bertz CT molecular complexity index is 1020. The summed E-state index contributed by atoms with van der Waals surface area (Å²) in [5.74, 6) is 0.590. The van der Waals surface area contributed by atoms with Gasteiger partial charge in [0, 0.05) is 30.1 Å². The maximum absolute atomic E-state index is 12.4. The van der Waals surface area contributed by atoms with Crippen molar-refractivity contribution in [2.45, 2.75) is 19.9 Å². The van der Waals surface area contributed by atoms with Gasteiger partial charge in [0.15, 0.2) is 5.13 Å². The lowest BCUT2D eigenvalue weighted by Crippen LogP contribution is -2.36. The summed E-state index contributed by atoms with van der Waals surface area (Å²) < 4.78 is 5.42. The number of hydrogen-bond acceptors (Lipinski definition) is 7. The number of nitrogens with one attached hydrogen (secondary N) is 2. The number of anilines is 2. The molecule has 0 saturated carbocycles. The Balaban J connectivity index is 1.31. The van der Waals surface area contributed by atoms with Crippen LogP contribution in [0.5, 0.6) is 5.75 Å². The van der Waals surface area contributed by atoms with E-state index in [1.54, 1.807) is 6.07 Å². The fourth-order valence-corrected chi connectivity index (χ4v) is 4.87. The van der Waals surface area contributed by atoms with Gasteiger partial charge in [-0.1, -0.05) is 6.07 Å². The zero-order chi connectivity index (χ0) is 20.9. The molecule has 156 valence electrons. The van der Waals surface area contributed by atoms with Crippen LogP contribution in [-0.2, 0) is 17.8 Å². The Morgan fingerprint density at radius 1 is 1.20 bits per heavy atom. The number of carbonyl (C=O) groups is 2. The van der Waals surface area contributed by atoms with E-state index in [4.69, 9.17) is 4.74 Å². The number of aromatic nitrogens is 1. The third-order valence-corrected chi connectivity index (χ3v) is 6.46. The quantitative estimate of drug-likeness (QED) is 0.581. The van der Waals surface area contributed by atoms with Gasteiger partial charge in [-0.05, 0) is 42.6 Å². The molecule has 4 rings (SSSR count). The number of nitrogens with zero attached hydrogens (tertiary/aromatic N) is 2. The summed E-state index contributed by atoms with van der Waals surface area (Å²) in [5, 5.41) is 8.28. The molecule has 3 aromatic rings. The van der Waals surface area contributed by atoms with Crippen LogP contribution in [0.15, 0.2) is 41.8 Å². The van der Waals surface area contributed by atoms with Gasteiger partial charge in [-0.15, -0.1) is 22.7 Å². The number of thiophene rings is 1. The minimum absolute atomic E-state index is 0.0571. The van der Waals surface area contributed by atoms with Crippen LogP contribution < -0.4 is 15.4 Å². The van der Waals surface area contributed by atoms with Gasteiger partial charge in [-0.25, -0.2) is 4.98 Å². The number of thiazole rings is 1. The van der Waals surface area contributed by atoms with E-state index in [9.17, 15) is 9.59 Å². The summed E-state index contributed by atoms with van der Waals surface area (Å²) in [7, 11) is 0. The van der Waals surface area contributed by atoms with Crippen LogP contribution in [0, 0.1) is 0 Å². The Labute approximate surface area is 182 Å². The van der Waals surface area contributed by atoms with E-state index in [2.05, 4.69) is 20.5 Å². The van der Waals surface area contributed by atoms with Crippen molar-refractivity contribution in [3.8, 4) is 5.75 Å². The second kappa shape index (κ2) is 9.38. The van der Waals surface area contributed by atoms with Crippen LogP contribution in [0.25, 0.3) is 0 Å². The molecule has 0 spiro atoms. The molecule has 0 unspecified atom stereocenters. The van der Waals surface area contributed by atoms with E-state index in [1.165, 1.54) is 22.7 Å². The van der Waals surface area contributed by atoms with Gasteiger partial charge in [0.05, 0.1) is 23.7 Å². The molecule has 0 saturated heterocycles. The number of rotatable bonds is 7. The molecule has 0 aliphatic carbocycles. The highest BCUT2D eigenvalue weighted by molar-refractivity contribution is 7.16. The maximum Gasteiger partial charge on any atom is 0.267 e. The Kier molecular flexibility index (Phi) is 6.41. The predicted molar refractivity (Wildman–Crippen MR) is 120 cm³/mol. The molecule has 1 aliphatic rings. The minimum atomic E-state index is -0.136. The third-order valence-electron chi connectivity index (χ3n) is 4.59. The largest absolute Gasteiger partial charge is 0.494 e. The van der Waals surface area contributed by atoms with Crippen LogP contribution in [0.4, 0.5) is 10.8 Å². The van der Waals surface area contributed by atoms with Gasteiger partial charge in [0.1, 0.15) is 5.75 Å². The summed E-state index contributed by atoms with van der Waals surface area (Å²) in [5.41, 5.74) is 1.75. The van der Waals surface area contributed by atoms with Gasteiger partial charge >= 0.3 is 0 Å². The number of ether oxygens (including phenoxy) is 1. The summed E-state index contributed by atoms with van der Waals surface area (Å²) in [6, 6.07) is 11.0. The average Bonchev–Trinajstić information content (AvgIpc) is 3.39. The normalized spacial score (nSPS) is 13.5. The van der Waals surface area contributed by atoms with Gasteiger partial charge in [-0.3, -0.25) is 19.8 Å². The van der Waals surface area contributed by atoms with Gasteiger partial charge in [0.25, 0.3) is 5.91 Å². The third kappa shape index (κ3) is 5.05. The van der Waals surface area contributed by atoms with Crippen LogP contribution in [-0.4, -0.2) is 41.4 Å². The van der Waals surface area contributed by atoms with Crippen molar-refractivity contribution in [2.24, 2.45) is 0 Å². The van der Waals surface area contributed by atoms with Gasteiger partial charge < -0.3 is 10.1 Å². The second-order valence-corrected chi connectivity index (χ2v) is 8.82. The first-order chi connectivity index (χ1) is 14.6. The standard InChI is InChI=1S/C21H22N4O3S2/c1-2-28-15-7-5-14(6-8-15)22-19(26)13-25-10-9-16-18(12-25)30-21(23-16)24-20(27)17-4-3-11-29-17/h3-8,11H,2,9-10,12-13H2,1H3,(H,22,26)(H,23,24,27). The van der Waals surface area contributed by atoms with Crippen molar-refractivity contribution in [3.63, 3.8) is 0 Å². The number of amides is 2. The molecule has 1 aliphatic heterocycles. The summed E-state index contributed by atoms with van der Waals surface area (Å²) in [6.07, 6.45) is 0.761. The Morgan fingerprint density at radius 3 is 2.77 bits per heavy atom. The fourth-order valence-electron chi connectivity index (χ4n) is 3.21. The van der Waals surface area contributed by atoms with E-state index >= 15 is 0 Å². The number of benzene rings is 1. The highest BCUT2D eigenvalue weighted by Crippen LogP contribution is 2.29. The van der Waals surface area contributed by atoms with Crippen LogP contribution >= 0.6 is 22.7 Å². The van der Waals surface area contributed by atoms with Crippen molar-refractivity contribution in [1.29, 1.82) is 0 Å². The molecule has 0 atom stereocenters. The molecule has 2 amide bonds. The van der Waals surface area contributed by atoms with Crippen molar-refractivity contribution in [2.75, 3.05) is 30.3 Å². The van der Waals surface area contributed by atoms with Crippen molar-refractivity contribution < 1.29 is 14.3 Å². The molecule has 1 aromatic carbocycles. The topological polar surface area (TPSA) is 83.6 Å². The minimum Gasteiger partial charge on any atom is -0.494 e. The molecular weight excluding hydrogens is 420 g/mol. The molecule has 9 heteroatoms. The summed E-state index contributed by atoms with van der Waals surface area (Å²) in [4.78, 5) is 33.1. The maximum atomic E-state index is 12.4. The van der Waals surface area contributed by atoms with Gasteiger partial charge in [-0.2, -0.15) is 0 Å². The smallest absolute Gasteiger partial charge is 0.267 e. The van der Waals surface area contributed by atoms with Crippen LogP contribution in [0.3, 0.4) is 0 Å². The van der Waals surface area contributed by atoms with E-state index in [0.29, 0.717) is 29.7 Å². The molecule has 0 fully saturated rings. The number of hydrogen-bond donors (Lipinski definition) is 2. The zero-order valence-corrected chi connectivity index (χ0v) is 18.1. The van der Waals surface area contributed by atoms with Crippen molar-refractivity contribution in [1.82, 2.24) is 9.88 Å². The lowest BCUT2D eigenvalue weighted by Gasteiger charge is -2.25. The van der Waals surface area contributed by atoms with E-state index in [-0.39, 0.29) is 11.8 Å². The van der Waals surface area contributed by atoms with E-state index in [0.717, 1.165) is 35.0 Å². The Hall–Kier alpha value is -2.75. The Morgan fingerprint density at radius 2 is 2.03 bits per heavy atom. The first-order valence-electron chi connectivity index (χ1n) is 9.69. The molecule has 2 N–H and O–H groups in total. The van der Waals surface area contributed by atoms with E-state index in [1.807, 2.05) is 42.6 Å². The van der Waals surface area contributed by atoms with Gasteiger partial charge in [0.2, 0.25) is 5.91 Å².